The van der Waals surface area contributed by atoms with E-state index in [1.807, 2.05) is 0 Å². The van der Waals surface area contributed by atoms with E-state index in [4.69, 9.17) is 5.11 Å². The highest BCUT2D eigenvalue weighted by Gasteiger charge is 2.31. The van der Waals surface area contributed by atoms with Crippen LogP contribution >= 0.6 is 15.9 Å². The van der Waals surface area contributed by atoms with Crippen molar-refractivity contribution >= 4 is 25.8 Å². The Hall–Kier alpha value is -0.530. The summed E-state index contributed by atoms with van der Waals surface area (Å²) < 4.78 is 49.6. The van der Waals surface area contributed by atoms with Crippen molar-refractivity contribution in [3.63, 3.8) is 0 Å². The van der Waals surface area contributed by atoms with Gasteiger partial charge in [0.05, 0.1) is 10.6 Å². The highest BCUT2D eigenvalue weighted by atomic mass is 79.9. The molecule has 1 N–H and O–H groups in total. The molecule has 17 heavy (non-hydrogen) atoms. The van der Waals surface area contributed by atoms with Gasteiger partial charge in [-0.15, -0.1) is 0 Å². The van der Waals surface area contributed by atoms with E-state index >= 15 is 0 Å². The number of sulfone groups is 1. The van der Waals surface area contributed by atoms with E-state index in [0.717, 1.165) is 18.2 Å². The van der Waals surface area contributed by atoms with Crippen LogP contribution in [0, 0.1) is 0 Å². The fraction of sp³-hybridized carbons (Fsp3) is 0.400. The molecule has 0 aromatic heterocycles. The Labute approximate surface area is 107 Å². The van der Waals surface area contributed by atoms with Gasteiger partial charge in [-0.2, -0.15) is 8.78 Å². The second-order valence-electron chi connectivity index (χ2n) is 3.41. The average molecular weight is 329 g/mol. The van der Waals surface area contributed by atoms with E-state index in [2.05, 4.69) is 15.9 Å². The van der Waals surface area contributed by atoms with E-state index < -0.39 is 27.9 Å². The third-order valence-electron chi connectivity index (χ3n) is 2.27. The molecule has 0 bridgehead atoms. The monoisotopic (exact) mass is 328 g/mol. The highest BCUT2D eigenvalue weighted by molar-refractivity contribution is 9.10. The predicted molar refractivity (Wildman–Crippen MR) is 62.8 cm³/mol. The molecule has 0 heterocycles. The van der Waals surface area contributed by atoms with Crippen molar-refractivity contribution in [2.75, 3.05) is 12.4 Å². The predicted octanol–water partition coefficient (Wildman–Crippen LogP) is 2.33. The van der Waals surface area contributed by atoms with Crippen LogP contribution in [0.3, 0.4) is 0 Å². The summed E-state index contributed by atoms with van der Waals surface area (Å²) in [5.41, 5.74) is -0.429. The second kappa shape index (κ2) is 4.99. The Morgan fingerprint density at radius 2 is 2.00 bits per heavy atom. The van der Waals surface area contributed by atoms with E-state index in [1.54, 1.807) is 0 Å². The summed E-state index contributed by atoms with van der Waals surface area (Å²) >= 11 is 2.95. The van der Waals surface area contributed by atoms with Gasteiger partial charge in [0.1, 0.15) is 6.61 Å². The molecule has 1 aromatic carbocycles. The molecule has 0 aliphatic rings. The van der Waals surface area contributed by atoms with Gasteiger partial charge in [0, 0.05) is 10.0 Å². The zero-order valence-electron chi connectivity index (χ0n) is 8.95. The molecule has 0 unspecified atom stereocenters. The van der Waals surface area contributed by atoms with Crippen LogP contribution in [0.4, 0.5) is 8.78 Å². The van der Waals surface area contributed by atoms with Crippen molar-refractivity contribution in [1.29, 1.82) is 0 Å². The Morgan fingerprint density at radius 1 is 1.41 bits per heavy atom. The van der Waals surface area contributed by atoms with Gasteiger partial charge in [0.15, 0.2) is 9.84 Å². The third kappa shape index (κ3) is 3.02. The van der Waals surface area contributed by atoms with Crippen molar-refractivity contribution in [3.05, 3.63) is 28.2 Å². The number of hydrogen-bond donors (Lipinski definition) is 1. The third-order valence-corrected chi connectivity index (χ3v) is 4.97. The number of rotatable bonds is 4. The molecular formula is C10H11BrF2O3S. The second-order valence-corrected chi connectivity index (χ2v) is 6.51. The molecule has 96 valence electrons. The molecule has 0 spiro atoms. The molecular weight excluding hydrogens is 318 g/mol. The van der Waals surface area contributed by atoms with Crippen molar-refractivity contribution in [2.24, 2.45) is 0 Å². The standard InChI is InChI=1S/C10H11BrF2O3S/c1-2-17(15,16)9-4-3-7(5-8(9)11)10(12,13)6-14/h3-5,14H,2,6H2,1H3. The quantitative estimate of drug-likeness (QED) is 0.922. The van der Waals surface area contributed by atoms with Crippen LogP contribution in [-0.4, -0.2) is 25.9 Å². The van der Waals surface area contributed by atoms with Gasteiger partial charge in [-0.1, -0.05) is 13.0 Å². The Bertz CT molecular complexity index is 514. The molecule has 0 saturated carbocycles. The summed E-state index contributed by atoms with van der Waals surface area (Å²) in [6.45, 7) is 0.150. The summed E-state index contributed by atoms with van der Waals surface area (Å²) in [4.78, 5) is -0.0301. The fourth-order valence-electron chi connectivity index (χ4n) is 1.23. The summed E-state index contributed by atoms with van der Waals surface area (Å²) in [6, 6.07) is 3.13. The first kappa shape index (κ1) is 14.5. The smallest absolute Gasteiger partial charge is 0.295 e. The number of halogens is 3. The van der Waals surface area contributed by atoms with E-state index in [0.29, 0.717) is 0 Å². The maximum atomic E-state index is 13.2. The number of aliphatic hydroxyl groups is 1. The maximum absolute atomic E-state index is 13.2. The van der Waals surface area contributed by atoms with Crippen LogP contribution in [0.5, 0.6) is 0 Å². The molecule has 0 aliphatic heterocycles. The molecule has 0 radical (unpaired) electrons. The van der Waals surface area contributed by atoms with Crippen LogP contribution < -0.4 is 0 Å². The summed E-state index contributed by atoms with van der Waals surface area (Å²) in [6.07, 6.45) is 0. The Kier molecular flexibility index (Phi) is 4.27. The molecule has 7 heteroatoms. The van der Waals surface area contributed by atoms with Crippen molar-refractivity contribution in [2.45, 2.75) is 17.7 Å². The summed E-state index contributed by atoms with van der Waals surface area (Å²) in [5.74, 6) is -3.49. The van der Waals surface area contributed by atoms with Crippen molar-refractivity contribution in [1.82, 2.24) is 0 Å². The summed E-state index contributed by atoms with van der Waals surface area (Å²) in [7, 11) is -3.45. The van der Waals surface area contributed by atoms with Crippen molar-refractivity contribution in [3.8, 4) is 0 Å². The Morgan fingerprint density at radius 3 is 2.41 bits per heavy atom. The normalized spacial score (nSPS) is 12.8. The first-order valence-corrected chi connectivity index (χ1v) is 7.20. The number of aliphatic hydroxyl groups excluding tert-OH is 1. The lowest BCUT2D eigenvalue weighted by atomic mass is 10.1. The zero-order valence-corrected chi connectivity index (χ0v) is 11.4. The lowest BCUT2D eigenvalue weighted by Gasteiger charge is -2.15. The SMILES string of the molecule is CCS(=O)(=O)c1ccc(C(F)(F)CO)cc1Br. The van der Waals surface area contributed by atoms with E-state index in [1.165, 1.54) is 6.92 Å². The van der Waals surface area contributed by atoms with Crippen LogP contribution in [0.2, 0.25) is 0 Å². The molecule has 3 nitrogen and oxygen atoms in total. The highest BCUT2D eigenvalue weighted by Crippen LogP contribution is 2.32. The molecule has 0 amide bonds. The van der Waals surface area contributed by atoms with Gasteiger partial charge in [-0.05, 0) is 28.1 Å². The average Bonchev–Trinajstić information content (AvgIpc) is 2.28. The minimum atomic E-state index is -3.45. The lowest BCUT2D eigenvalue weighted by molar-refractivity contribution is -0.0557. The number of benzene rings is 1. The van der Waals surface area contributed by atoms with Crippen LogP contribution in [0.15, 0.2) is 27.6 Å². The van der Waals surface area contributed by atoms with Gasteiger partial charge in [0.25, 0.3) is 5.92 Å². The zero-order chi connectivity index (χ0) is 13.3. The van der Waals surface area contributed by atoms with E-state index in [9.17, 15) is 17.2 Å². The molecule has 0 fully saturated rings. The van der Waals surface area contributed by atoms with Crippen molar-refractivity contribution < 1.29 is 22.3 Å². The molecule has 1 aromatic rings. The minimum Gasteiger partial charge on any atom is -0.390 e. The van der Waals surface area contributed by atoms with Gasteiger partial charge in [-0.3, -0.25) is 0 Å². The number of alkyl halides is 2. The Balaban J connectivity index is 3.29. The largest absolute Gasteiger partial charge is 0.390 e. The molecule has 1 rings (SSSR count). The maximum Gasteiger partial charge on any atom is 0.295 e. The van der Waals surface area contributed by atoms with Gasteiger partial charge in [0.2, 0.25) is 0 Å². The van der Waals surface area contributed by atoms with Gasteiger partial charge in [-0.25, -0.2) is 8.42 Å². The lowest BCUT2D eigenvalue weighted by Crippen LogP contribution is -2.18. The van der Waals surface area contributed by atoms with Crippen LogP contribution in [0.25, 0.3) is 0 Å². The van der Waals surface area contributed by atoms with E-state index in [-0.39, 0.29) is 15.1 Å². The van der Waals surface area contributed by atoms with Gasteiger partial charge >= 0.3 is 0 Å². The first-order chi connectivity index (χ1) is 7.74. The number of hydrogen-bond acceptors (Lipinski definition) is 3. The summed E-state index contributed by atoms with van der Waals surface area (Å²) in [5, 5.41) is 8.53. The molecule has 0 saturated heterocycles. The van der Waals surface area contributed by atoms with Gasteiger partial charge < -0.3 is 5.11 Å². The first-order valence-electron chi connectivity index (χ1n) is 4.76. The fourth-order valence-corrected chi connectivity index (χ4v) is 3.29. The molecule has 0 aliphatic carbocycles. The molecule has 0 atom stereocenters. The topological polar surface area (TPSA) is 54.4 Å². The van der Waals surface area contributed by atoms with Crippen LogP contribution in [-0.2, 0) is 15.8 Å². The van der Waals surface area contributed by atoms with Crippen LogP contribution in [0.1, 0.15) is 12.5 Å². The minimum absolute atomic E-state index is 0.0301.